The smallest absolute Gasteiger partial charge is 0.329 e. The Morgan fingerprint density at radius 2 is 0.903 bits per heavy atom. The van der Waals surface area contributed by atoms with Crippen LogP contribution in [0.2, 0.25) is 0 Å². The monoisotopic (exact) mass is 1020 g/mol. The van der Waals surface area contributed by atoms with Crippen LogP contribution in [0.25, 0.3) is 0 Å². The average molecular weight is 1020 g/mol. The molecule has 1 fully saturated rings. The third-order valence-corrected chi connectivity index (χ3v) is 13.3. The molecule has 0 aliphatic carbocycles. The minimum Gasteiger partial charge on any atom is -0.481 e. The molecular formula is C52H91N7O13. The normalized spacial score (nSPS) is 25.3. The summed E-state index contributed by atoms with van der Waals surface area (Å²) < 4.78 is 6.05. The summed E-state index contributed by atoms with van der Waals surface area (Å²) >= 11 is 0. The molecule has 1 aliphatic heterocycles. The first kappa shape index (κ1) is 64.7. The third-order valence-electron chi connectivity index (χ3n) is 13.3. The Kier molecular flexibility index (Phi) is 30.0. The summed E-state index contributed by atoms with van der Waals surface area (Å²) in [6.45, 7) is 21.9. The number of aliphatic carboxylic acids is 2. The molecule has 0 aromatic carbocycles. The summed E-state index contributed by atoms with van der Waals surface area (Å²) in [5.74, 6) is -10.9. The molecule has 0 aromatic rings. The second-order valence-electron chi connectivity index (χ2n) is 21.2. The van der Waals surface area contributed by atoms with E-state index < -0.39 is 145 Å². The Labute approximate surface area is 428 Å². The summed E-state index contributed by atoms with van der Waals surface area (Å²) in [7, 11) is 0. The molecule has 1 heterocycles. The van der Waals surface area contributed by atoms with Crippen molar-refractivity contribution < 1.29 is 62.9 Å². The first-order chi connectivity index (χ1) is 33.7. The van der Waals surface area contributed by atoms with E-state index in [9.17, 15) is 58.2 Å². The van der Waals surface area contributed by atoms with Crippen LogP contribution < -0.4 is 37.2 Å². The molecule has 1 rings (SSSR count). The zero-order chi connectivity index (χ0) is 54.8. The lowest BCUT2D eigenvalue weighted by Gasteiger charge is -2.31. The van der Waals surface area contributed by atoms with Gasteiger partial charge in [-0.3, -0.25) is 43.2 Å². The Morgan fingerprint density at radius 3 is 1.36 bits per heavy atom. The van der Waals surface area contributed by atoms with E-state index in [2.05, 4.69) is 51.1 Å². The molecule has 20 heteroatoms. The van der Waals surface area contributed by atoms with Crippen LogP contribution in [-0.2, 0) is 52.7 Å². The van der Waals surface area contributed by atoms with Gasteiger partial charge in [-0.15, -0.1) is 0 Å². The summed E-state index contributed by atoms with van der Waals surface area (Å²) in [6.07, 6.45) is 3.53. The van der Waals surface area contributed by atoms with E-state index in [0.717, 1.165) is 32.1 Å². The van der Waals surface area contributed by atoms with Crippen LogP contribution in [0.4, 0.5) is 0 Å². The highest BCUT2D eigenvalue weighted by Crippen LogP contribution is 2.20. The van der Waals surface area contributed by atoms with Gasteiger partial charge in [-0.25, -0.2) is 4.79 Å². The highest BCUT2D eigenvalue weighted by atomic mass is 16.5. The van der Waals surface area contributed by atoms with Crippen molar-refractivity contribution in [1.29, 1.82) is 0 Å². The fourth-order valence-corrected chi connectivity index (χ4v) is 8.31. The summed E-state index contributed by atoms with van der Waals surface area (Å²) in [5, 5.41) is 38.1. The molecule has 20 nitrogen and oxygen atoms in total. The second kappa shape index (κ2) is 33.4. The fourth-order valence-electron chi connectivity index (χ4n) is 8.31. The SMILES string of the molecule is CCC(C)C1NC(=O)C(CC(C)C)NC(=O)C(C(C)CC)NC(=O)C(CCC(=O)O)NC(=O)CC(CCCCCCCC(C)C)OC(=O)C(C(C)CC)NC(=O)C(CC(C)C)NC(=O)C(CC(=O)O)NC1=O. The Morgan fingerprint density at radius 1 is 0.486 bits per heavy atom. The quantitative estimate of drug-likeness (QED) is 0.0498. The number of unbranched alkanes of at least 4 members (excludes halogenated alkanes) is 4. The predicted molar refractivity (Wildman–Crippen MR) is 272 cm³/mol. The lowest BCUT2D eigenvalue weighted by molar-refractivity contribution is -0.156. The number of amides is 7. The first-order valence-electron chi connectivity index (χ1n) is 26.5. The summed E-state index contributed by atoms with van der Waals surface area (Å²) in [4.78, 5) is 137. The molecule has 9 N–H and O–H groups in total. The molecule has 1 saturated heterocycles. The summed E-state index contributed by atoms with van der Waals surface area (Å²) in [5.41, 5.74) is 0. The van der Waals surface area contributed by atoms with Crippen molar-refractivity contribution in [2.24, 2.45) is 35.5 Å². The molecule has 0 saturated carbocycles. The van der Waals surface area contributed by atoms with Gasteiger partial charge in [0.1, 0.15) is 48.4 Å². The molecule has 11 unspecified atom stereocenters. The van der Waals surface area contributed by atoms with E-state index in [1.165, 1.54) is 0 Å². The molecule has 0 bridgehead atoms. The van der Waals surface area contributed by atoms with E-state index in [1.54, 1.807) is 55.4 Å². The van der Waals surface area contributed by atoms with Crippen molar-refractivity contribution in [3.8, 4) is 0 Å². The number of ether oxygens (including phenoxy) is 1. The van der Waals surface area contributed by atoms with E-state index in [4.69, 9.17) is 4.74 Å². The van der Waals surface area contributed by atoms with E-state index >= 15 is 0 Å². The van der Waals surface area contributed by atoms with Crippen LogP contribution in [0.3, 0.4) is 0 Å². The number of rotatable bonds is 23. The van der Waals surface area contributed by atoms with Gasteiger partial charge in [0.05, 0.1) is 12.8 Å². The van der Waals surface area contributed by atoms with Crippen molar-refractivity contribution in [2.75, 3.05) is 0 Å². The summed E-state index contributed by atoms with van der Waals surface area (Å²) in [6, 6.07) is -9.66. The van der Waals surface area contributed by atoms with Gasteiger partial charge in [-0.2, -0.15) is 0 Å². The fraction of sp³-hybridized carbons (Fsp3) is 0.808. The van der Waals surface area contributed by atoms with E-state index in [-0.39, 0.29) is 37.5 Å². The number of carbonyl (C=O) groups is 10. The third kappa shape index (κ3) is 24.4. The van der Waals surface area contributed by atoms with Crippen molar-refractivity contribution in [3.05, 3.63) is 0 Å². The van der Waals surface area contributed by atoms with Gasteiger partial charge in [0, 0.05) is 6.42 Å². The van der Waals surface area contributed by atoms with Crippen LogP contribution in [0, 0.1) is 35.5 Å². The average Bonchev–Trinajstić information content (AvgIpc) is 3.29. The highest BCUT2D eigenvalue weighted by molar-refractivity contribution is 5.98. The van der Waals surface area contributed by atoms with Crippen molar-refractivity contribution >= 4 is 59.3 Å². The Hall–Kier alpha value is -5.30. The van der Waals surface area contributed by atoms with Crippen LogP contribution >= 0.6 is 0 Å². The van der Waals surface area contributed by atoms with Crippen molar-refractivity contribution in [1.82, 2.24) is 37.2 Å². The van der Waals surface area contributed by atoms with Gasteiger partial charge < -0.3 is 52.2 Å². The maximum absolute atomic E-state index is 14.3. The molecule has 1 aliphatic rings. The number of carboxylic acids is 2. The number of hydrogen-bond acceptors (Lipinski definition) is 11. The van der Waals surface area contributed by atoms with Crippen molar-refractivity contribution in [3.63, 3.8) is 0 Å². The molecule has 412 valence electrons. The molecule has 0 aromatic heterocycles. The van der Waals surface area contributed by atoms with Crippen LogP contribution in [0.15, 0.2) is 0 Å². The Bertz CT molecular complexity index is 1790. The molecule has 11 atom stereocenters. The number of carboxylic acid groups (broad SMARTS) is 2. The van der Waals surface area contributed by atoms with Gasteiger partial charge in [0.15, 0.2) is 0 Å². The zero-order valence-electron chi connectivity index (χ0n) is 45.3. The van der Waals surface area contributed by atoms with Crippen LogP contribution in [0.5, 0.6) is 0 Å². The second-order valence-corrected chi connectivity index (χ2v) is 21.2. The van der Waals surface area contributed by atoms with Crippen LogP contribution in [0.1, 0.15) is 186 Å². The first-order valence-corrected chi connectivity index (χ1v) is 26.5. The van der Waals surface area contributed by atoms with Crippen LogP contribution in [-0.4, -0.2) is 118 Å². The molecule has 0 radical (unpaired) electrons. The van der Waals surface area contributed by atoms with Gasteiger partial charge in [0.25, 0.3) is 0 Å². The number of cyclic esters (lactones) is 1. The molecular weight excluding hydrogens is 931 g/mol. The Balaban J connectivity index is 4.06. The topological polar surface area (TPSA) is 305 Å². The van der Waals surface area contributed by atoms with Gasteiger partial charge in [-0.1, -0.05) is 134 Å². The number of esters is 1. The maximum Gasteiger partial charge on any atom is 0.329 e. The number of carbonyl (C=O) groups excluding carboxylic acids is 8. The van der Waals surface area contributed by atoms with E-state index in [1.807, 2.05) is 13.8 Å². The number of hydrogen-bond donors (Lipinski definition) is 9. The van der Waals surface area contributed by atoms with Gasteiger partial charge in [-0.05, 0) is 67.6 Å². The standard InChI is InChI=1S/C52H91N7O13/c1-13-32(10)43-50(69)55-38(26-31(8)9)48(67)58-44(33(11)14-2)51(70)56-39(28-42(63)64)47(66)54-37(25-30(6)7)49(68)59-45(34(12)15-3)52(71)72-35(22-20-18-16-17-19-21-29(4)5)27-40(60)53-36(46(65)57-43)23-24-41(61)62/h29-39,43-45H,13-28H2,1-12H3,(H,53,60)(H,54,66)(H,55,69)(H,56,70)(H,57,65)(H,58,67)(H,59,68)(H,61,62)(H,63,64). The van der Waals surface area contributed by atoms with Gasteiger partial charge in [0.2, 0.25) is 41.4 Å². The predicted octanol–water partition coefficient (Wildman–Crippen LogP) is 4.65. The highest BCUT2D eigenvalue weighted by Gasteiger charge is 2.38. The van der Waals surface area contributed by atoms with Gasteiger partial charge >= 0.3 is 17.9 Å². The maximum atomic E-state index is 14.3. The minimum atomic E-state index is -1.72. The largest absolute Gasteiger partial charge is 0.481 e. The lowest BCUT2D eigenvalue weighted by Crippen LogP contribution is -2.61. The number of nitrogens with one attached hydrogen (secondary N) is 7. The minimum absolute atomic E-state index is 0.0383. The van der Waals surface area contributed by atoms with E-state index in [0.29, 0.717) is 31.6 Å². The molecule has 7 amide bonds. The molecule has 0 spiro atoms. The molecule has 72 heavy (non-hydrogen) atoms. The lowest BCUT2D eigenvalue weighted by atomic mass is 9.95. The zero-order valence-corrected chi connectivity index (χ0v) is 45.3. The van der Waals surface area contributed by atoms with Crippen molar-refractivity contribution in [2.45, 2.75) is 234 Å².